The van der Waals surface area contributed by atoms with Crippen LogP contribution in [0.5, 0.6) is 11.5 Å². The number of fused-ring (bicyclic) bond motifs is 2. The van der Waals surface area contributed by atoms with Crippen LogP contribution >= 0.6 is 23.7 Å². The Hall–Kier alpha value is -2.83. The Balaban J connectivity index is 0.00000180. The molecular weight excluding hydrogens is 382 g/mol. The molecule has 5 nitrogen and oxygen atoms in total. The van der Waals surface area contributed by atoms with Crippen molar-refractivity contribution in [1.82, 2.24) is 9.97 Å². The van der Waals surface area contributed by atoms with Gasteiger partial charge in [-0.25, -0.2) is 9.97 Å². The van der Waals surface area contributed by atoms with E-state index in [0.29, 0.717) is 0 Å². The van der Waals surface area contributed by atoms with Crippen molar-refractivity contribution in [3.05, 3.63) is 59.7 Å². The number of ether oxygens (including phenoxy) is 2. The van der Waals surface area contributed by atoms with Gasteiger partial charge in [-0.05, 0) is 24.6 Å². The molecule has 0 unspecified atom stereocenters. The predicted octanol–water partition coefficient (Wildman–Crippen LogP) is 5.56. The molecule has 1 aliphatic heterocycles. The maximum absolute atomic E-state index is 5.47. The van der Waals surface area contributed by atoms with Crippen LogP contribution < -0.4 is 14.8 Å². The number of nitrogens with zero attached hydrogens (tertiary/aromatic N) is 2. The van der Waals surface area contributed by atoms with Crippen molar-refractivity contribution in [3.63, 3.8) is 0 Å². The Morgan fingerprint density at radius 2 is 1.81 bits per heavy atom. The summed E-state index contributed by atoms with van der Waals surface area (Å²) in [6, 6.07) is 16.1. The van der Waals surface area contributed by atoms with Crippen LogP contribution in [-0.2, 0) is 0 Å². The van der Waals surface area contributed by atoms with E-state index in [1.165, 1.54) is 16.0 Å². The van der Waals surface area contributed by atoms with E-state index in [2.05, 4.69) is 34.3 Å². The van der Waals surface area contributed by atoms with Gasteiger partial charge in [0, 0.05) is 22.2 Å². The zero-order valence-corrected chi connectivity index (χ0v) is 16.1. The molecule has 5 rings (SSSR count). The molecule has 0 bridgehead atoms. The minimum Gasteiger partial charge on any atom is -0.454 e. The normalized spacial score (nSPS) is 12.0. The highest BCUT2D eigenvalue weighted by atomic mass is 35.5. The summed E-state index contributed by atoms with van der Waals surface area (Å²) in [5, 5.41) is 4.46. The predicted molar refractivity (Wildman–Crippen MR) is 111 cm³/mol. The van der Waals surface area contributed by atoms with E-state index >= 15 is 0 Å². The highest BCUT2D eigenvalue weighted by molar-refractivity contribution is 7.19. The van der Waals surface area contributed by atoms with Crippen LogP contribution in [0.2, 0.25) is 0 Å². The van der Waals surface area contributed by atoms with Crippen molar-refractivity contribution in [3.8, 4) is 22.6 Å². The number of aromatic nitrogens is 2. The average molecular weight is 398 g/mol. The number of halogens is 1. The number of hydrogen-bond donors (Lipinski definition) is 1. The van der Waals surface area contributed by atoms with Crippen molar-refractivity contribution >= 4 is 45.5 Å². The molecule has 0 atom stereocenters. The van der Waals surface area contributed by atoms with Gasteiger partial charge in [0.25, 0.3) is 0 Å². The van der Waals surface area contributed by atoms with Gasteiger partial charge in [0.05, 0.1) is 5.39 Å². The fourth-order valence-corrected chi connectivity index (χ4v) is 4.22. The fraction of sp³-hybridized carbons (Fsp3) is 0.100. The van der Waals surface area contributed by atoms with E-state index in [9.17, 15) is 0 Å². The Labute approximate surface area is 166 Å². The molecule has 0 saturated heterocycles. The van der Waals surface area contributed by atoms with Gasteiger partial charge < -0.3 is 14.8 Å². The Kier molecular flexibility index (Phi) is 4.59. The summed E-state index contributed by atoms with van der Waals surface area (Å²) >= 11 is 1.68. The van der Waals surface area contributed by atoms with Gasteiger partial charge in [0.15, 0.2) is 11.5 Å². The molecule has 1 N–H and O–H groups in total. The average Bonchev–Trinajstić information content (AvgIpc) is 3.26. The highest BCUT2D eigenvalue weighted by Gasteiger charge is 2.18. The van der Waals surface area contributed by atoms with Crippen molar-refractivity contribution in [2.75, 3.05) is 12.1 Å². The molecule has 2 aromatic carbocycles. The Morgan fingerprint density at radius 1 is 1.00 bits per heavy atom. The van der Waals surface area contributed by atoms with Crippen LogP contribution in [0, 0.1) is 6.92 Å². The molecule has 0 aliphatic carbocycles. The second-order valence-corrected chi connectivity index (χ2v) is 7.20. The van der Waals surface area contributed by atoms with E-state index in [1.54, 1.807) is 17.7 Å². The number of benzene rings is 2. The smallest absolute Gasteiger partial charge is 0.231 e. The first-order valence-electron chi connectivity index (χ1n) is 8.26. The van der Waals surface area contributed by atoms with Gasteiger partial charge in [0.2, 0.25) is 6.79 Å². The Bertz CT molecular complexity index is 1120. The molecule has 27 heavy (non-hydrogen) atoms. The molecular formula is C20H16ClN3O2S. The lowest BCUT2D eigenvalue weighted by atomic mass is 10.0. The number of anilines is 2. The second kappa shape index (κ2) is 7.06. The quantitative estimate of drug-likeness (QED) is 0.490. The van der Waals surface area contributed by atoms with Crippen molar-refractivity contribution < 1.29 is 9.47 Å². The molecule has 0 amide bonds. The maximum Gasteiger partial charge on any atom is 0.231 e. The van der Waals surface area contributed by atoms with E-state index < -0.39 is 0 Å². The molecule has 1 aliphatic rings. The summed E-state index contributed by atoms with van der Waals surface area (Å²) in [5.41, 5.74) is 3.24. The third-order valence-electron chi connectivity index (χ3n) is 4.36. The minimum atomic E-state index is 0. The van der Waals surface area contributed by atoms with Gasteiger partial charge in [-0.3, -0.25) is 0 Å². The van der Waals surface area contributed by atoms with Crippen molar-refractivity contribution in [1.29, 1.82) is 0 Å². The maximum atomic E-state index is 5.47. The van der Waals surface area contributed by atoms with Crippen LogP contribution in [0.25, 0.3) is 21.3 Å². The lowest BCUT2D eigenvalue weighted by Gasteiger charge is -2.09. The first-order chi connectivity index (χ1) is 12.8. The highest BCUT2D eigenvalue weighted by Crippen LogP contribution is 2.41. The topological polar surface area (TPSA) is 56.3 Å². The van der Waals surface area contributed by atoms with Crippen LogP contribution in [-0.4, -0.2) is 16.8 Å². The fourth-order valence-electron chi connectivity index (χ4n) is 3.20. The molecule has 2 aromatic heterocycles. The lowest BCUT2D eigenvalue weighted by molar-refractivity contribution is 0.174. The van der Waals surface area contributed by atoms with Crippen LogP contribution in [0.3, 0.4) is 0 Å². The van der Waals surface area contributed by atoms with Gasteiger partial charge in [-0.15, -0.1) is 23.7 Å². The largest absolute Gasteiger partial charge is 0.454 e. The number of nitrogens with one attached hydrogen (secondary N) is 1. The van der Waals surface area contributed by atoms with E-state index in [0.717, 1.165) is 33.2 Å². The van der Waals surface area contributed by atoms with Crippen LogP contribution in [0.4, 0.5) is 11.5 Å². The van der Waals surface area contributed by atoms with Crippen LogP contribution in [0.15, 0.2) is 54.9 Å². The van der Waals surface area contributed by atoms with Crippen molar-refractivity contribution in [2.45, 2.75) is 6.92 Å². The summed E-state index contributed by atoms with van der Waals surface area (Å²) in [5.74, 6) is 2.29. The molecule has 0 spiro atoms. The molecule has 136 valence electrons. The molecule has 0 radical (unpaired) electrons. The summed E-state index contributed by atoms with van der Waals surface area (Å²) in [6.07, 6.45) is 1.60. The second-order valence-electron chi connectivity index (χ2n) is 5.99. The van der Waals surface area contributed by atoms with E-state index in [1.807, 2.05) is 36.4 Å². The van der Waals surface area contributed by atoms with Crippen LogP contribution in [0.1, 0.15) is 4.88 Å². The molecule has 7 heteroatoms. The number of aryl methyl sites for hydroxylation is 1. The zero-order chi connectivity index (χ0) is 17.5. The first-order valence-corrected chi connectivity index (χ1v) is 9.07. The summed E-state index contributed by atoms with van der Waals surface area (Å²) in [6.45, 7) is 2.39. The Morgan fingerprint density at radius 3 is 2.67 bits per heavy atom. The molecule has 0 fully saturated rings. The van der Waals surface area contributed by atoms with E-state index in [4.69, 9.17) is 9.47 Å². The zero-order valence-electron chi connectivity index (χ0n) is 14.4. The molecule has 4 aromatic rings. The van der Waals surface area contributed by atoms with Gasteiger partial charge in [-0.1, -0.05) is 30.3 Å². The summed E-state index contributed by atoms with van der Waals surface area (Å²) in [4.78, 5) is 11.2. The van der Waals surface area contributed by atoms with E-state index in [-0.39, 0.29) is 19.2 Å². The molecule has 0 saturated carbocycles. The number of rotatable bonds is 3. The monoisotopic (exact) mass is 397 g/mol. The standard InChI is InChI=1S/C20H15N3O2S.ClH/c1-12-17(13-5-3-2-4-6-13)18-19(21-10-22-20(18)26-12)23-14-7-8-15-16(9-14)25-11-24-15;/h2-10H,11H2,1H3,(H,21,22,23);1H. The summed E-state index contributed by atoms with van der Waals surface area (Å²) < 4.78 is 10.8. The van der Waals surface area contributed by atoms with Gasteiger partial charge in [-0.2, -0.15) is 0 Å². The molecule has 3 heterocycles. The SMILES string of the molecule is Cc1sc2ncnc(Nc3ccc4c(c3)OCO4)c2c1-c1ccccc1.Cl. The third kappa shape index (κ3) is 3.07. The van der Waals surface area contributed by atoms with Gasteiger partial charge >= 0.3 is 0 Å². The van der Waals surface area contributed by atoms with Crippen molar-refractivity contribution in [2.24, 2.45) is 0 Å². The third-order valence-corrected chi connectivity index (χ3v) is 5.38. The lowest BCUT2D eigenvalue weighted by Crippen LogP contribution is -1.96. The summed E-state index contributed by atoms with van der Waals surface area (Å²) in [7, 11) is 0. The number of thiophene rings is 1. The minimum absolute atomic E-state index is 0. The van der Waals surface area contributed by atoms with Gasteiger partial charge in [0.1, 0.15) is 17.0 Å². The number of hydrogen-bond acceptors (Lipinski definition) is 6. The first kappa shape index (κ1) is 17.6.